The van der Waals surface area contributed by atoms with Crippen molar-refractivity contribution in [1.82, 2.24) is 15.2 Å². The van der Waals surface area contributed by atoms with Crippen LogP contribution in [0, 0.1) is 5.82 Å². The molecule has 24 heavy (non-hydrogen) atoms. The number of hydrogen-bond acceptors (Lipinski definition) is 3. The standard InChI is InChI=1S/C17H20FN3O3/c1-12(16(22)24-2)20-17(23)19-10-15-4-3-9-21(15)11-13-5-7-14(18)8-6-13/h3-9,12H,10-11H2,1-2H3,(H2,19,20,23). The van der Waals surface area contributed by atoms with E-state index < -0.39 is 18.0 Å². The van der Waals surface area contributed by atoms with Gasteiger partial charge in [0.05, 0.1) is 13.7 Å². The van der Waals surface area contributed by atoms with Crippen molar-refractivity contribution < 1.29 is 18.7 Å². The Morgan fingerprint density at radius 2 is 1.96 bits per heavy atom. The second-order valence-corrected chi connectivity index (χ2v) is 5.33. The van der Waals surface area contributed by atoms with Crippen LogP contribution in [0.5, 0.6) is 0 Å². The summed E-state index contributed by atoms with van der Waals surface area (Å²) in [6.07, 6.45) is 1.88. The first-order valence-corrected chi connectivity index (χ1v) is 7.50. The van der Waals surface area contributed by atoms with Crippen LogP contribution in [0.15, 0.2) is 42.6 Å². The molecule has 0 bridgehead atoms. The van der Waals surface area contributed by atoms with Crippen molar-refractivity contribution in [1.29, 1.82) is 0 Å². The number of nitrogens with one attached hydrogen (secondary N) is 2. The third kappa shape index (κ3) is 4.84. The van der Waals surface area contributed by atoms with Crippen LogP contribution in [0.1, 0.15) is 18.2 Å². The van der Waals surface area contributed by atoms with E-state index in [1.54, 1.807) is 19.1 Å². The topological polar surface area (TPSA) is 72.4 Å². The average Bonchev–Trinajstić information content (AvgIpc) is 3.01. The normalized spacial score (nSPS) is 11.6. The summed E-state index contributed by atoms with van der Waals surface area (Å²) < 4.78 is 19.4. The predicted molar refractivity (Wildman–Crippen MR) is 86.8 cm³/mol. The molecule has 6 nitrogen and oxygen atoms in total. The van der Waals surface area contributed by atoms with Gasteiger partial charge in [0.1, 0.15) is 11.9 Å². The van der Waals surface area contributed by atoms with Crippen LogP contribution in [-0.4, -0.2) is 29.7 Å². The molecule has 0 saturated heterocycles. The summed E-state index contributed by atoms with van der Waals surface area (Å²) in [5, 5.41) is 5.18. The van der Waals surface area contributed by atoms with E-state index in [1.165, 1.54) is 19.2 Å². The molecule has 0 radical (unpaired) electrons. The first kappa shape index (κ1) is 17.5. The quantitative estimate of drug-likeness (QED) is 0.795. The maximum atomic E-state index is 12.9. The van der Waals surface area contributed by atoms with Gasteiger partial charge in [-0.15, -0.1) is 0 Å². The summed E-state index contributed by atoms with van der Waals surface area (Å²) in [6.45, 7) is 2.42. The summed E-state index contributed by atoms with van der Waals surface area (Å²) in [5.41, 5.74) is 1.85. The van der Waals surface area contributed by atoms with Crippen molar-refractivity contribution in [2.24, 2.45) is 0 Å². The first-order valence-electron chi connectivity index (χ1n) is 7.50. The van der Waals surface area contributed by atoms with Crippen LogP contribution in [0.3, 0.4) is 0 Å². The van der Waals surface area contributed by atoms with E-state index >= 15 is 0 Å². The lowest BCUT2D eigenvalue weighted by Crippen LogP contribution is -2.44. The molecule has 0 aliphatic carbocycles. The molecular formula is C17H20FN3O3. The average molecular weight is 333 g/mol. The monoisotopic (exact) mass is 333 g/mol. The second-order valence-electron chi connectivity index (χ2n) is 5.33. The van der Waals surface area contributed by atoms with Gasteiger partial charge >= 0.3 is 12.0 Å². The summed E-state index contributed by atoms with van der Waals surface area (Å²) in [5.74, 6) is -0.783. The van der Waals surface area contributed by atoms with E-state index in [2.05, 4.69) is 15.4 Å². The Hall–Kier alpha value is -2.83. The molecule has 0 fully saturated rings. The molecule has 0 saturated carbocycles. The first-order chi connectivity index (χ1) is 11.5. The Morgan fingerprint density at radius 1 is 1.25 bits per heavy atom. The van der Waals surface area contributed by atoms with Crippen molar-refractivity contribution in [3.63, 3.8) is 0 Å². The molecule has 1 aromatic heterocycles. The minimum Gasteiger partial charge on any atom is -0.467 e. The second kappa shape index (κ2) is 8.14. The fraction of sp³-hybridized carbons (Fsp3) is 0.294. The van der Waals surface area contributed by atoms with E-state index in [4.69, 9.17) is 0 Å². The van der Waals surface area contributed by atoms with E-state index in [1.807, 2.05) is 22.9 Å². The number of carbonyl (C=O) groups excluding carboxylic acids is 2. The Morgan fingerprint density at radius 3 is 2.62 bits per heavy atom. The number of methoxy groups -OCH3 is 1. The Kier molecular flexibility index (Phi) is 5.95. The molecule has 7 heteroatoms. The summed E-state index contributed by atoms with van der Waals surface area (Å²) >= 11 is 0. The fourth-order valence-electron chi connectivity index (χ4n) is 2.20. The molecule has 2 aromatic rings. The van der Waals surface area contributed by atoms with Gasteiger partial charge in [-0.2, -0.15) is 0 Å². The number of aromatic nitrogens is 1. The lowest BCUT2D eigenvalue weighted by Gasteiger charge is -2.14. The van der Waals surface area contributed by atoms with Crippen molar-refractivity contribution in [3.8, 4) is 0 Å². The number of esters is 1. The molecule has 0 aliphatic heterocycles. The molecule has 0 aliphatic rings. The summed E-state index contributed by atoms with van der Waals surface area (Å²) in [4.78, 5) is 23.1. The minimum atomic E-state index is -0.721. The lowest BCUT2D eigenvalue weighted by molar-refractivity contribution is -0.142. The number of amides is 2. The molecular weight excluding hydrogens is 313 g/mol. The zero-order chi connectivity index (χ0) is 17.5. The zero-order valence-electron chi connectivity index (χ0n) is 13.6. The summed E-state index contributed by atoms with van der Waals surface area (Å²) in [6, 6.07) is 8.84. The summed E-state index contributed by atoms with van der Waals surface area (Å²) in [7, 11) is 1.26. The van der Waals surface area contributed by atoms with Gasteiger partial charge in [0, 0.05) is 18.4 Å². The fourth-order valence-corrected chi connectivity index (χ4v) is 2.20. The third-order valence-electron chi connectivity index (χ3n) is 3.52. The highest BCUT2D eigenvalue weighted by Gasteiger charge is 2.15. The predicted octanol–water partition coefficient (Wildman–Crippen LogP) is 2.04. The molecule has 1 heterocycles. The maximum Gasteiger partial charge on any atom is 0.328 e. The van der Waals surface area contributed by atoms with Crippen LogP contribution >= 0.6 is 0 Å². The van der Waals surface area contributed by atoms with Crippen LogP contribution in [-0.2, 0) is 22.6 Å². The van der Waals surface area contributed by atoms with E-state index in [9.17, 15) is 14.0 Å². The minimum absolute atomic E-state index is 0.274. The zero-order valence-corrected chi connectivity index (χ0v) is 13.6. The van der Waals surface area contributed by atoms with E-state index in [-0.39, 0.29) is 5.82 Å². The van der Waals surface area contributed by atoms with Crippen molar-refractivity contribution in [2.75, 3.05) is 7.11 Å². The number of benzene rings is 1. The largest absolute Gasteiger partial charge is 0.467 e. The van der Waals surface area contributed by atoms with Gasteiger partial charge in [0.15, 0.2) is 0 Å². The number of carbonyl (C=O) groups is 2. The molecule has 0 spiro atoms. The number of ether oxygens (including phenoxy) is 1. The van der Waals surface area contributed by atoms with Gasteiger partial charge in [0.25, 0.3) is 0 Å². The van der Waals surface area contributed by atoms with Crippen LogP contribution < -0.4 is 10.6 Å². The number of rotatable bonds is 6. The van der Waals surface area contributed by atoms with Gasteiger partial charge < -0.3 is 19.9 Å². The van der Waals surface area contributed by atoms with Gasteiger partial charge in [0.2, 0.25) is 0 Å². The van der Waals surface area contributed by atoms with Crippen molar-refractivity contribution in [3.05, 3.63) is 59.7 Å². The highest BCUT2D eigenvalue weighted by molar-refractivity contribution is 5.83. The smallest absolute Gasteiger partial charge is 0.328 e. The highest BCUT2D eigenvalue weighted by Crippen LogP contribution is 2.09. The van der Waals surface area contributed by atoms with Gasteiger partial charge in [-0.05, 0) is 36.8 Å². The van der Waals surface area contributed by atoms with E-state index in [0.717, 1.165) is 11.3 Å². The van der Waals surface area contributed by atoms with E-state index in [0.29, 0.717) is 13.1 Å². The molecule has 2 rings (SSSR count). The Balaban J connectivity index is 1.90. The third-order valence-corrected chi connectivity index (χ3v) is 3.52. The number of halogens is 1. The number of nitrogens with zero attached hydrogens (tertiary/aromatic N) is 1. The molecule has 2 amide bonds. The SMILES string of the molecule is COC(=O)C(C)NC(=O)NCc1cccn1Cc1ccc(F)cc1. The lowest BCUT2D eigenvalue weighted by atomic mass is 10.2. The molecule has 128 valence electrons. The van der Waals surface area contributed by atoms with Crippen LogP contribution in [0.25, 0.3) is 0 Å². The molecule has 1 atom stereocenters. The van der Waals surface area contributed by atoms with Crippen molar-refractivity contribution in [2.45, 2.75) is 26.1 Å². The van der Waals surface area contributed by atoms with Crippen molar-refractivity contribution >= 4 is 12.0 Å². The van der Waals surface area contributed by atoms with Gasteiger partial charge in [-0.1, -0.05) is 12.1 Å². The van der Waals surface area contributed by atoms with Crippen LogP contribution in [0.2, 0.25) is 0 Å². The maximum absolute atomic E-state index is 12.9. The highest BCUT2D eigenvalue weighted by atomic mass is 19.1. The number of hydrogen-bond donors (Lipinski definition) is 2. The molecule has 1 aromatic carbocycles. The van der Waals surface area contributed by atoms with Gasteiger partial charge in [-0.25, -0.2) is 14.0 Å². The number of urea groups is 1. The molecule has 1 unspecified atom stereocenters. The molecule has 2 N–H and O–H groups in total. The Bertz CT molecular complexity index is 697. The van der Waals surface area contributed by atoms with Crippen LogP contribution in [0.4, 0.5) is 9.18 Å². The Labute approximate surface area is 139 Å². The van der Waals surface area contributed by atoms with Gasteiger partial charge in [-0.3, -0.25) is 0 Å².